The molecule has 0 aliphatic rings. The van der Waals surface area contributed by atoms with Crippen LogP contribution in [0.25, 0.3) is 0 Å². The fraction of sp³-hybridized carbons (Fsp3) is 0.133. The van der Waals surface area contributed by atoms with Crippen LogP contribution in [0, 0.1) is 5.82 Å². The number of methoxy groups -OCH3 is 1. The molecular weight excluding hydrogens is 245 g/mol. The van der Waals surface area contributed by atoms with Gasteiger partial charge in [0.1, 0.15) is 11.6 Å². The third-order valence-electron chi connectivity index (χ3n) is 2.84. The van der Waals surface area contributed by atoms with Crippen molar-refractivity contribution >= 4 is 11.6 Å². The van der Waals surface area contributed by atoms with Gasteiger partial charge in [0, 0.05) is 18.3 Å². The summed E-state index contributed by atoms with van der Waals surface area (Å²) in [6.45, 7) is 0. The van der Waals surface area contributed by atoms with E-state index in [1.54, 1.807) is 44.5 Å². The molecule has 0 N–H and O–H groups in total. The highest BCUT2D eigenvalue weighted by atomic mass is 19.1. The summed E-state index contributed by atoms with van der Waals surface area (Å²) in [6.07, 6.45) is 0. The Bertz CT molecular complexity index is 581. The molecule has 0 bridgehead atoms. The van der Waals surface area contributed by atoms with Gasteiger partial charge in [-0.3, -0.25) is 4.79 Å². The van der Waals surface area contributed by atoms with Crippen LogP contribution in [0.15, 0.2) is 48.5 Å². The van der Waals surface area contributed by atoms with Gasteiger partial charge in [0.2, 0.25) is 0 Å². The first-order valence-corrected chi connectivity index (χ1v) is 5.79. The van der Waals surface area contributed by atoms with Gasteiger partial charge in [-0.15, -0.1) is 0 Å². The minimum atomic E-state index is -0.422. The van der Waals surface area contributed by atoms with Gasteiger partial charge in [0.05, 0.1) is 7.11 Å². The molecule has 0 heterocycles. The molecule has 0 aromatic heterocycles. The summed E-state index contributed by atoms with van der Waals surface area (Å²) < 4.78 is 18.2. The minimum Gasteiger partial charge on any atom is -0.497 e. The monoisotopic (exact) mass is 259 g/mol. The van der Waals surface area contributed by atoms with Crippen molar-refractivity contribution in [3.63, 3.8) is 0 Å². The first kappa shape index (κ1) is 13.1. The molecule has 98 valence electrons. The Morgan fingerprint density at radius 2 is 1.84 bits per heavy atom. The Labute approximate surface area is 111 Å². The topological polar surface area (TPSA) is 29.5 Å². The van der Waals surface area contributed by atoms with Crippen molar-refractivity contribution in [2.24, 2.45) is 0 Å². The lowest BCUT2D eigenvalue weighted by molar-refractivity contribution is 0.0992. The first-order chi connectivity index (χ1) is 9.11. The second-order valence-corrected chi connectivity index (χ2v) is 4.07. The van der Waals surface area contributed by atoms with Crippen molar-refractivity contribution < 1.29 is 13.9 Å². The van der Waals surface area contributed by atoms with Crippen LogP contribution in [0.5, 0.6) is 5.75 Å². The molecule has 0 radical (unpaired) electrons. The number of nitrogens with zero attached hydrogens (tertiary/aromatic N) is 1. The predicted octanol–water partition coefficient (Wildman–Crippen LogP) is 3.11. The third kappa shape index (κ3) is 2.91. The summed E-state index contributed by atoms with van der Waals surface area (Å²) in [5.74, 6) is 0.0361. The Morgan fingerprint density at radius 3 is 2.42 bits per heavy atom. The highest BCUT2D eigenvalue weighted by Gasteiger charge is 2.13. The standard InChI is InChI=1S/C15H14FNO2/c1-17(13-6-8-14(19-2)9-7-13)15(18)11-4-3-5-12(16)10-11/h3-10H,1-2H3. The molecule has 0 saturated carbocycles. The van der Waals surface area contributed by atoms with Crippen molar-refractivity contribution in [1.29, 1.82) is 0 Å². The van der Waals surface area contributed by atoms with Gasteiger partial charge in [-0.1, -0.05) is 6.07 Å². The lowest BCUT2D eigenvalue weighted by Gasteiger charge is -2.17. The first-order valence-electron chi connectivity index (χ1n) is 5.79. The zero-order valence-corrected chi connectivity index (χ0v) is 10.8. The number of carbonyl (C=O) groups excluding carboxylic acids is 1. The van der Waals surface area contributed by atoms with Crippen molar-refractivity contribution in [2.75, 3.05) is 19.1 Å². The number of amides is 1. The highest BCUT2D eigenvalue weighted by Crippen LogP contribution is 2.20. The van der Waals surface area contributed by atoms with E-state index < -0.39 is 5.82 Å². The average molecular weight is 259 g/mol. The summed E-state index contributed by atoms with van der Waals surface area (Å²) in [6, 6.07) is 12.7. The van der Waals surface area contributed by atoms with E-state index in [0.717, 1.165) is 11.4 Å². The highest BCUT2D eigenvalue weighted by molar-refractivity contribution is 6.05. The molecule has 0 fully saturated rings. The van der Waals surface area contributed by atoms with Crippen LogP contribution in [-0.2, 0) is 0 Å². The number of anilines is 1. The Balaban J connectivity index is 2.23. The molecule has 0 unspecified atom stereocenters. The number of halogens is 1. The summed E-state index contributed by atoms with van der Waals surface area (Å²) in [7, 11) is 3.23. The number of rotatable bonds is 3. The molecule has 0 atom stereocenters. The van der Waals surface area contributed by atoms with Crippen molar-refractivity contribution in [3.05, 3.63) is 59.9 Å². The SMILES string of the molecule is COc1ccc(N(C)C(=O)c2cccc(F)c2)cc1. The van der Waals surface area contributed by atoms with Crippen LogP contribution in [-0.4, -0.2) is 20.1 Å². The van der Waals surface area contributed by atoms with E-state index in [9.17, 15) is 9.18 Å². The molecule has 3 nitrogen and oxygen atoms in total. The zero-order valence-electron chi connectivity index (χ0n) is 10.8. The fourth-order valence-electron chi connectivity index (χ4n) is 1.74. The van der Waals surface area contributed by atoms with E-state index in [-0.39, 0.29) is 5.91 Å². The van der Waals surface area contributed by atoms with E-state index in [0.29, 0.717) is 5.56 Å². The van der Waals surface area contributed by atoms with Gasteiger partial charge in [-0.05, 0) is 42.5 Å². The maximum Gasteiger partial charge on any atom is 0.258 e. The zero-order chi connectivity index (χ0) is 13.8. The lowest BCUT2D eigenvalue weighted by atomic mass is 10.2. The molecule has 0 aliphatic heterocycles. The van der Waals surface area contributed by atoms with Crippen LogP contribution in [0.3, 0.4) is 0 Å². The molecule has 2 aromatic carbocycles. The summed E-state index contributed by atoms with van der Waals surface area (Å²) in [5.41, 5.74) is 1.04. The summed E-state index contributed by atoms with van der Waals surface area (Å²) in [5, 5.41) is 0. The van der Waals surface area contributed by atoms with Gasteiger partial charge in [0.25, 0.3) is 5.91 Å². The molecule has 0 saturated heterocycles. The van der Waals surface area contributed by atoms with Crippen LogP contribution >= 0.6 is 0 Å². The summed E-state index contributed by atoms with van der Waals surface area (Å²) in [4.78, 5) is 13.6. The Morgan fingerprint density at radius 1 is 1.16 bits per heavy atom. The van der Waals surface area contributed by atoms with E-state index in [1.165, 1.54) is 23.1 Å². The largest absolute Gasteiger partial charge is 0.497 e. The van der Waals surface area contributed by atoms with Gasteiger partial charge >= 0.3 is 0 Å². The summed E-state index contributed by atoms with van der Waals surface area (Å²) >= 11 is 0. The number of carbonyl (C=O) groups is 1. The van der Waals surface area contributed by atoms with E-state index in [2.05, 4.69) is 0 Å². The molecule has 0 aliphatic carbocycles. The maximum absolute atomic E-state index is 13.1. The predicted molar refractivity (Wildman–Crippen MR) is 72.1 cm³/mol. The molecule has 19 heavy (non-hydrogen) atoms. The maximum atomic E-state index is 13.1. The Hall–Kier alpha value is -2.36. The number of benzene rings is 2. The number of hydrogen-bond acceptors (Lipinski definition) is 2. The molecule has 4 heteroatoms. The fourth-order valence-corrected chi connectivity index (χ4v) is 1.74. The number of hydrogen-bond donors (Lipinski definition) is 0. The van der Waals surface area contributed by atoms with Crippen LogP contribution in [0.1, 0.15) is 10.4 Å². The van der Waals surface area contributed by atoms with E-state index >= 15 is 0 Å². The van der Waals surface area contributed by atoms with Crippen LogP contribution in [0.2, 0.25) is 0 Å². The number of ether oxygens (including phenoxy) is 1. The Kier molecular flexibility index (Phi) is 3.80. The quantitative estimate of drug-likeness (QED) is 0.847. The van der Waals surface area contributed by atoms with E-state index in [1.807, 2.05) is 0 Å². The molecule has 2 rings (SSSR count). The lowest BCUT2D eigenvalue weighted by Crippen LogP contribution is -2.26. The van der Waals surface area contributed by atoms with Crippen LogP contribution in [0.4, 0.5) is 10.1 Å². The second-order valence-electron chi connectivity index (χ2n) is 4.07. The average Bonchev–Trinajstić information content (AvgIpc) is 2.46. The third-order valence-corrected chi connectivity index (χ3v) is 2.84. The van der Waals surface area contributed by atoms with Gasteiger partial charge in [0.15, 0.2) is 0 Å². The van der Waals surface area contributed by atoms with Crippen molar-refractivity contribution in [2.45, 2.75) is 0 Å². The molecule has 0 spiro atoms. The van der Waals surface area contributed by atoms with Crippen LogP contribution < -0.4 is 9.64 Å². The molecule has 1 amide bonds. The van der Waals surface area contributed by atoms with Crippen molar-refractivity contribution in [1.82, 2.24) is 0 Å². The molecule has 2 aromatic rings. The van der Waals surface area contributed by atoms with E-state index in [4.69, 9.17) is 4.74 Å². The van der Waals surface area contributed by atoms with Gasteiger partial charge < -0.3 is 9.64 Å². The van der Waals surface area contributed by atoms with Gasteiger partial charge in [-0.2, -0.15) is 0 Å². The minimum absolute atomic E-state index is 0.260. The molecular formula is C15H14FNO2. The second kappa shape index (κ2) is 5.52. The smallest absolute Gasteiger partial charge is 0.258 e. The van der Waals surface area contributed by atoms with Crippen molar-refractivity contribution in [3.8, 4) is 5.75 Å². The van der Waals surface area contributed by atoms with Gasteiger partial charge in [-0.25, -0.2) is 4.39 Å². The normalized spacial score (nSPS) is 10.1.